The maximum atomic E-state index is 13.2. The van der Waals surface area contributed by atoms with E-state index in [1.54, 1.807) is 11.8 Å². The number of amides is 2. The van der Waals surface area contributed by atoms with E-state index in [1.807, 2.05) is 31.2 Å². The number of carbonyl (C=O) groups is 3. The van der Waals surface area contributed by atoms with E-state index in [9.17, 15) is 14.4 Å². The second-order valence-electron chi connectivity index (χ2n) is 9.71. The molecule has 4 rings (SSSR count). The average Bonchev–Trinajstić information content (AvgIpc) is 2.89. The molecule has 3 fully saturated rings. The molecule has 1 aliphatic carbocycles. The van der Waals surface area contributed by atoms with Gasteiger partial charge < -0.3 is 9.80 Å². The van der Waals surface area contributed by atoms with E-state index in [0.29, 0.717) is 6.67 Å². The minimum atomic E-state index is -0.425. The molecule has 1 saturated carbocycles. The van der Waals surface area contributed by atoms with Crippen LogP contribution in [-0.2, 0) is 9.59 Å². The van der Waals surface area contributed by atoms with E-state index in [1.165, 1.54) is 4.90 Å². The van der Waals surface area contributed by atoms with Crippen LogP contribution in [0.3, 0.4) is 0 Å². The Labute approximate surface area is 172 Å². The van der Waals surface area contributed by atoms with E-state index in [2.05, 4.69) is 18.7 Å². The van der Waals surface area contributed by atoms with Crippen molar-refractivity contribution in [1.82, 2.24) is 4.90 Å². The standard InChI is InChI=1S/C23H31N3O3/c1-16(27)17-5-7-18(8-6-17)25-13-11-24(12-14-25)15-26-20(28)19-9-10-23(4,21(26)29)22(19,2)3/h5-8,19H,9-15H2,1-4H3/p+1/t19-,23-/m0/s1. The smallest absolute Gasteiger partial charge is 0.240 e. The summed E-state index contributed by atoms with van der Waals surface area (Å²) in [6, 6.07) is 7.75. The number of piperazine rings is 1. The predicted molar refractivity (Wildman–Crippen MR) is 111 cm³/mol. The summed E-state index contributed by atoms with van der Waals surface area (Å²) in [4.78, 5) is 42.9. The highest BCUT2D eigenvalue weighted by Gasteiger charge is 2.64. The lowest BCUT2D eigenvalue weighted by atomic mass is 9.62. The van der Waals surface area contributed by atoms with Gasteiger partial charge in [-0.2, -0.15) is 0 Å². The summed E-state index contributed by atoms with van der Waals surface area (Å²) < 4.78 is 0. The number of fused-ring (bicyclic) bond motifs is 2. The number of ketones is 1. The summed E-state index contributed by atoms with van der Waals surface area (Å²) >= 11 is 0. The van der Waals surface area contributed by atoms with E-state index in [4.69, 9.17) is 0 Å². The first-order valence-electron chi connectivity index (χ1n) is 10.7. The topological polar surface area (TPSA) is 62.1 Å². The van der Waals surface area contributed by atoms with Gasteiger partial charge in [-0.25, -0.2) is 4.90 Å². The van der Waals surface area contributed by atoms with Crippen LogP contribution in [0, 0.1) is 16.7 Å². The molecule has 29 heavy (non-hydrogen) atoms. The minimum absolute atomic E-state index is 0.0241. The number of rotatable bonds is 4. The number of anilines is 1. The number of nitrogens with one attached hydrogen (secondary N) is 1. The Hall–Kier alpha value is -2.21. The summed E-state index contributed by atoms with van der Waals surface area (Å²) in [5.41, 5.74) is 1.17. The second kappa shape index (κ2) is 6.94. The lowest BCUT2D eigenvalue weighted by Crippen LogP contribution is -3.16. The summed E-state index contributed by atoms with van der Waals surface area (Å²) in [5.74, 6) is 0.0962. The number of hydrogen-bond donors (Lipinski definition) is 1. The first-order valence-corrected chi connectivity index (χ1v) is 10.7. The SMILES string of the molecule is CC(=O)c1ccc(N2CC[NH+](CN3C(=O)[C@@H]4CC[C@@](C)(C3=O)C4(C)C)CC2)cc1. The molecule has 2 saturated heterocycles. The molecule has 1 N–H and O–H groups in total. The number of imide groups is 1. The normalized spacial score (nSPS) is 29.4. The lowest BCUT2D eigenvalue weighted by molar-refractivity contribution is -0.908. The zero-order chi connectivity index (χ0) is 21.0. The van der Waals surface area contributed by atoms with Crippen molar-refractivity contribution in [3.63, 3.8) is 0 Å². The van der Waals surface area contributed by atoms with Gasteiger partial charge in [-0.05, 0) is 49.4 Å². The molecule has 0 radical (unpaired) electrons. The molecule has 6 heteroatoms. The molecule has 2 aliphatic heterocycles. The molecule has 1 aromatic rings. The number of benzene rings is 1. The predicted octanol–water partition coefficient (Wildman–Crippen LogP) is 1.36. The Bertz CT molecular complexity index is 839. The number of piperidine rings is 1. The number of hydrogen-bond acceptors (Lipinski definition) is 4. The maximum Gasteiger partial charge on any atom is 0.240 e. The monoisotopic (exact) mass is 398 g/mol. The zero-order valence-electron chi connectivity index (χ0n) is 18.0. The average molecular weight is 399 g/mol. The fourth-order valence-corrected chi connectivity index (χ4v) is 5.42. The molecule has 2 bridgehead atoms. The molecular weight excluding hydrogens is 366 g/mol. The third-order valence-electron chi connectivity index (χ3n) is 8.00. The molecule has 2 atom stereocenters. The summed E-state index contributed by atoms with van der Waals surface area (Å²) in [5, 5.41) is 0. The van der Waals surface area contributed by atoms with Crippen molar-refractivity contribution >= 4 is 23.3 Å². The Kier molecular flexibility index (Phi) is 4.80. The van der Waals surface area contributed by atoms with E-state index < -0.39 is 5.41 Å². The highest BCUT2D eigenvalue weighted by atomic mass is 16.2. The quantitative estimate of drug-likeness (QED) is 0.615. The summed E-state index contributed by atoms with van der Waals surface area (Å²) in [7, 11) is 0. The van der Waals surface area contributed by atoms with Gasteiger partial charge in [-0.15, -0.1) is 0 Å². The molecule has 2 amide bonds. The maximum absolute atomic E-state index is 13.2. The molecule has 0 unspecified atom stereocenters. The molecule has 1 aromatic carbocycles. The molecule has 2 heterocycles. The van der Waals surface area contributed by atoms with Crippen molar-refractivity contribution < 1.29 is 19.3 Å². The van der Waals surface area contributed by atoms with E-state index in [-0.39, 0.29) is 28.9 Å². The third-order valence-corrected chi connectivity index (χ3v) is 8.00. The summed E-state index contributed by atoms with van der Waals surface area (Å²) in [6.07, 6.45) is 1.63. The lowest BCUT2D eigenvalue weighted by Gasteiger charge is -2.48. The van der Waals surface area contributed by atoms with Crippen molar-refractivity contribution in [1.29, 1.82) is 0 Å². The van der Waals surface area contributed by atoms with E-state index >= 15 is 0 Å². The van der Waals surface area contributed by atoms with Gasteiger partial charge >= 0.3 is 0 Å². The Balaban J connectivity index is 1.39. The van der Waals surface area contributed by atoms with Gasteiger partial charge in [-0.3, -0.25) is 14.4 Å². The number of carbonyl (C=O) groups excluding carboxylic acids is 3. The van der Waals surface area contributed by atoms with Crippen LogP contribution in [-0.4, -0.2) is 55.3 Å². The van der Waals surface area contributed by atoms with Crippen LogP contribution < -0.4 is 9.80 Å². The molecule has 6 nitrogen and oxygen atoms in total. The molecule has 3 aliphatic rings. The first kappa shape index (κ1) is 20.1. The highest BCUT2D eigenvalue weighted by molar-refractivity contribution is 6.03. The number of nitrogens with zero attached hydrogens (tertiary/aromatic N) is 2. The second-order valence-corrected chi connectivity index (χ2v) is 9.71. The highest BCUT2D eigenvalue weighted by Crippen LogP contribution is 2.59. The largest absolute Gasteiger partial charge is 0.360 e. The van der Waals surface area contributed by atoms with E-state index in [0.717, 1.165) is 50.3 Å². The zero-order valence-corrected chi connectivity index (χ0v) is 18.0. The Morgan fingerprint density at radius 3 is 2.31 bits per heavy atom. The van der Waals surface area contributed by atoms with Gasteiger partial charge in [-0.1, -0.05) is 20.8 Å². The third kappa shape index (κ3) is 3.08. The molecule has 0 aromatic heterocycles. The first-order chi connectivity index (χ1) is 13.6. The fraction of sp³-hybridized carbons (Fsp3) is 0.609. The van der Waals surface area contributed by atoms with Crippen LogP contribution in [0.4, 0.5) is 5.69 Å². The molecular formula is C23H32N3O3+. The number of Topliss-reactive ketones (excluding diaryl/α,β-unsaturated/α-hetero) is 1. The van der Waals surface area contributed by atoms with Gasteiger partial charge in [0.15, 0.2) is 12.5 Å². The van der Waals surface area contributed by atoms with Gasteiger partial charge in [0.1, 0.15) is 0 Å². The summed E-state index contributed by atoms with van der Waals surface area (Å²) in [6.45, 7) is 11.8. The van der Waals surface area contributed by atoms with Gasteiger partial charge in [0.05, 0.1) is 31.6 Å². The fourth-order valence-electron chi connectivity index (χ4n) is 5.42. The van der Waals surface area contributed by atoms with Crippen molar-refractivity contribution in [3.05, 3.63) is 29.8 Å². The van der Waals surface area contributed by atoms with Gasteiger partial charge in [0.2, 0.25) is 11.8 Å². The molecule has 156 valence electrons. The van der Waals surface area contributed by atoms with Crippen LogP contribution in [0.5, 0.6) is 0 Å². The molecule has 0 spiro atoms. The van der Waals surface area contributed by atoms with Crippen LogP contribution in [0.1, 0.15) is 50.9 Å². The van der Waals surface area contributed by atoms with Crippen LogP contribution >= 0.6 is 0 Å². The van der Waals surface area contributed by atoms with Crippen LogP contribution in [0.25, 0.3) is 0 Å². The van der Waals surface area contributed by atoms with Crippen molar-refractivity contribution in [3.8, 4) is 0 Å². The minimum Gasteiger partial charge on any atom is -0.360 e. The Morgan fingerprint density at radius 1 is 1.10 bits per heavy atom. The Morgan fingerprint density at radius 2 is 1.72 bits per heavy atom. The van der Waals surface area contributed by atoms with Crippen molar-refractivity contribution in [2.24, 2.45) is 16.7 Å². The van der Waals surface area contributed by atoms with Crippen molar-refractivity contribution in [2.45, 2.75) is 40.5 Å². The number of quaternary nitrogens is 1. The van der Waals surface area contributed by atoms with Gasteiger partial charge in [0.25, 0.3) is 0 Å². The van der Waals surface area contributed by atoms with Gasteiger partial charge in [0, 0.05) is 17.2 Å². The van der Waals surface area contributed by atoms with Crippen LogP contribution in [0.15, 0.2) is 24.3 Å². The number of likely N-dealkylation sites (tertiary alicyclic amines) is 1. The van der Waals surface area contributed by atoms with Crippen molar-refractivity contribution in [2.75, 3.05) is 37.7 Å². The van der Waals surface area contributed by atoms with Crippen LogP contribution in [0.2, 0.25) is 0 Å².